The second-order valence-electron chi connectivity index (χ2n) is 8.47. The number of anilines is 1. The Morgan fingerprint density at radius 1 is 1.03 bits per heavy atom. The molecule has 0 spiro atoms. The van der Waals surface area contributed by atoms with Gasteiger partial charge in [0.05, 0.1) is 12.6 Å². The third-order valence-electron chi connectivity index (χ3n) is 5.92. The number of carbonyl (C=O) groups is 3. The number of benzene rings is 2. The number of nitrogens with one attached hydrogen (secondary N) is 1. The summed E-state index contributed by atoms with van der Waals surface area (Å²) in [6, 6.07) is 17.2. The Hall–Kier alpha value is -3.15. The van der Waals surface area contributed by atoms with Gasteiger partial charge in [-0.1, -0.05) is 55.3 Å². The number of rotatable bonds is 7. The van der Waals surface area contributed by atoms with Crippen LogP contribution in [0.5, 0.6) is 0 Å². The summed E-state index contributed by atoms with van der Waals surface area (Å²) in [6.07, 6.45) is 4.52. The molecule has 0 aliphatic carbocycles. The molecule has 1 aliphatic rings. The van der Waals surface area contributed by atoms with Crippen molar-refractivity contribution in [3.05, 3.63) is 65.7 Å². The molecule has 3 rings (SSSR count). The summed E-state index contributed by atoms with van der Waals surface area (Å²) in [5.74, 6) is -0.138. The average Bonchev–Trinajstić information content (AvgIpc) is 2.77. The number of hydrogen-bond acceptors (Lipinski definition) is 3. The van der Waals surface area contributed by atoms with Gasteiger partial charge in [0.1, 0.15) is 0 Å². The van der Waals surface area contributed by atoms with Crippen LogP contribution in [0.1, 0.15) is 63.1 Å². The number of hydrogen-bond donors (Lipinski definition) is 1. The fourth-order valence-electron chi connectivity index (χ4n) is 4.12. The second kappa shape index (κ2) is 11.5. The summed E-state index contributed by atoms with van der Waals surface area (Å²) < 4.78 is 0. The molecule has 1 atom stereocenters. The second-order valence-corrected chi connectivity index (χ2v) is 8.47. The van der Waals surface area contributed by atoms with Crippen LogP contribution in [0, 0.1) is 0 Å². The predicted octanol–water partition coefficient (Wildman–Crippen LogP) is 4.53. The lowest BCUT2D eigenvalue weighted by Crippen LogP contribution is -2.44. The predicted molar refractivity (Wildman–Crippen MR) is 126 cm³/mol. The number of nitrogens with zero attached hydrogens (tertiary/aromatic N) is 2. The Balaban J connectivity index is 1.83. The van der Waals surface area contributed by atoms with Crippen LogP contribution in [0.15, 0.2) is 54.6 Å². The highest BCUT2D eigenvalue weighted by Gasteiger charge is 2.26. The molecule has 170 valence electrons. The van der Waals surface area contributed by atoms with Gasteiger partial charge in [0.25, 0.3) is 0 Å². The van der Waals surface area contributed by atoms with E-state index in [1.165, 1.54) is 6.92 Å². The molecule has 0 aromatic heterocycles. The minimum absolute atomic E-state index is 0.0676. The fraction of sp³-hybridized carbons (Fsp3) is 0.423. The topological polar surface area (TPSA) is 69.7 Å². The molecule has 2 aromatic rings. The van der Waals surface area contributed by atoms with E-state index in [0.29, 0.717) is 25.2 Å². The van der Waals surface area contributed by atoms with E-state index in [1.807, 2.05) is 66.4 Å². The van der Waals surface area contributed by atoms with Gasteiger partial charge in [-0.3, -0.25) is 14.4 Å². The minimum Gasteiger partial charge on any atom is -0.333 e. The van der Waals surface area contributed by atoms with E-state index in [0.717, 1.165) is 36.8 Å². The molecule has 6 nitrogen and oxygen atoms in total. The Labute approximate surface area is 190 Å². The zero-order chi connectivity index (χ0) is 22.9. The van der Waals surface area contributed by atoms with Gasteiger partial charge in [-0.15, -0.1) is 0 Å². The molecule has 1 N–H and O–H groups in total. The average molecular weight is 436 g/mol. The Morgan fingerprint density at radius 2 is 1.78 bits per heavy atom. The van der Waals surface area contributed by atoms with Crippen molar-refractivity contribution in [3.8, 4) is 0 Å². The van der Waals surface area contributed by atoms with Crippen LogP contribution in [0.2, 0.25) is 0 Å². The van der Waals surface area contributed by atoms with Gasteiger partial charge in [-0.25, -0.2) is 0 Å². The molecule has 6 heteroatoms. The van der Waals surface area contributed by atoms with E-state index in [9.17, 15) is 14.4 Å². The Bertz CT molecular complexity index is 929. The van der Waals surface area contributed by atoms with Gasteiger partial charge in [0.2, 0.25) is 17.7 Å². The molecule has 0 saturated carbocycles. The zero-order valence-corrected chi connectivity index (χ0v) is 19.0. The molecule has 32 heavy (non-hydrogen) atoms. The maximum Gasteiger partial charge on any atom is 0.243 e. The van der Waals surface area contributed by atoms with E-state index in [1.54, 1.807) is 4.90 Å². The van der Waals surface area contributed by atoms with Gasteiger partial charge in [0, 0.05) is 32.1 Å². The molecule has 1 aliphatic heterocycles. The minimum atomic E-state index is -0.221. The first-order valence-electron chi connectivity index (χ1n) is 11.4. The smallest absolute Gasteiger partial charge is 0.243 e. The maximum absolute atomic E-state index is 13.5. The SMILES string of the molecule is CC(=O)Nc1cccc(C(C)N(Cc2ccccc2)C(=O)CN2CCCCCCC2=O)c1. The number of amides is 3. The summed E-state index contributed by atoms with van der Waals surface area (Å²) in [5.41, 5.74) is 2.66. The van der Waals surface area contributed by atoms with Crippen molar-refractivity contribution in [1.29, 1.82) is 0 Å². The van der Waals surface area contributed by atoms with Crippen LogP contribution in [-0.2, 0) is 20.9 Å². The summed E-state index contributed by atoms with van der Waals surface area (Å²) in [6.45, 7) is 4.65. The van der Waals surface area contributed by atoms with Gasteiger partial charge in [-0.05, 0) is 43.0 Å². The van der Waals surface area contributed by atoms with Crippen molar-refractivity contribution in [3.63, 3.8) is 0 Å². The van der Waals surface area contributed by atoms with E-state index in [2.05, 4.69) is 5.32 Å². The van der Waals surface area contributed by atoms with Crippen molar-refractivity contribution in [2.45, 2.75) is 58.5 Å². The largest absolute Gasteiger partial charge is 0.333 e. The maximum atomic E-state index is 13.5. The van der Waals surface area contributed by atoms with Crippen molar-refractivity contribution in [1.82, 2.24) is 9.80 Å². The van der Waals surface area contributed by atoms with E-state index >= 15 is 0 Å². The van der Waals surface area contributed by atoms with Crippen LogP contribution >= 0.6 is 0 Å². The first kappa shape index (κ1) is 23.5. The van der Waals surface area contributed by atoms with Crippen molar-refractivity contribution >= 4 is 23.4 Å². The molecule has 1 heterocycles. The van der Waals surface area contributed by atoms with Crippen LogP contribution in [0.25, 0.3) is 0 Å². The molecular weight excluding hydrogens is 402 g/mol. The van der Waals surface area contributed by atoms with E-state index in [-0.39, 0.29) is 30.3 Å². The molecule has 1 fully saturated rings. The van der Waals surface area contributed by atoms with Gasteiger partial charge >= 0.3 is 0 Å². The standard InChI is InChI=1S/C26H33N3O3/c1-20(23-13-10-14-24(17-23)27-21(2)30)29(18-22-11-6-5-7-12-22)26(32)19-28-16-9-4-3-8-15-25(28)31/h5-7,10-14,17,20H,3-4,8-9,15-16,18-19H2,1-2H3,(H,27,30). The molecule has 0 radical (unpaired) electrons. The lowest BCUT2D eigenvalue weighted by atomic mass is 10.0. The van der Waals surface area contributed by atoms with Crippen molar-refractivity contribution in [2.24, 2.45) is 0 Å². The highest BCUT2D eigenvalue weighted by molar-refractivity contribution is 5.89. The Kier molecular flexibility index (Phi) is 8.42. The quantitative estimate of drug-likeness (QED) is 0.695. The van der Waals surface area contributed by atoms with Crippen molar-refractivity contribution in [2.75, 3.05) is 18.4 Å². The van der Waals surface area contributed by atoms with Crippen LogP contribution in [-0.4, -0.2) is 40.6 Å². The summed E-state index contributed by atoms with van der Waals surface area (Å²) in [4.78, 5) is 41.1. The van der Waals surface area contributed by atoms with Gasteiger partial charge in [-0.2, -0.15) is 0 Å². The summed E-state index contributed by atoms with van der Waals surface area (Å²) in [7, 11) is 0. The molecule has 1 saturated heterocycles. The van der Waals surface area contributed by atoms with Gasteiger partial charge in [0.15, 0.2) is 0 Å². The zero-order valence-electron chi connectivity index (χ0n) is 19.0. The van der Waals surface area contributed by atoms with Crippen LogP contribution in [0.3, 0.4) is 0 Å². The fourth-order valence-corrected chi connectivity index (χ4v) is 4.12. The molecule has 0 bridgehead atoms. The molecular formula is C26H33N3O3. The molecule has 2 aromatic carbocycles. The lowest BCUT2D eigenvalue weighted by molar-refractivity contribution is -0.142. The third-order valence-corrected chi connectivity index (χ3v) is 5.92. The Morgan fingerprint density at radius 3 is 2.53 bits per heavy atom. The molecule has 1 unspecified atom stereocenters. The summed E-state index contributed by atoms with van der Waals surface area (Å²) in [5, 5.41) is 2.81. The monoisotopic (exact) mass is 435 g/mol. The third kappa shape index (κ3) is 6.67. The highest BCUT2D eigenvalue weighted by atomic mass is 16.2. The first-order valence-corrected chi connectivity index (χ1v) is 11.4. The first-order chi connectivity index (χ1) is 15.4. The van der Waals surface area contributed by atoms with E-state index in [4.69, 9.17) is 0 Å². The normalized spacial score (nSPS) is 15.4. The molecule has 3 amide bonds. The highest BCUT2D eigenvalue weighted by Crippen LogP contribution is 2.26. The lowest BCUT2D eigenvalue weighted by Gasteiger charge is -2.33. The van der Waals surface area contributed by atoms with Crippen LogP contribution in [0.4, 0.5) is 5.69 Å². The number of likely N-dealkylation sites (tertiary alicyclic amines) is 1. The van der Waals surface area contributed by atoms with E-state index < -0.39 is 0 Å². The van der Waals surface area contributed by atoms with Crippen molar-refractivity contribution < 1.29 is 14.4 Å². The number of carbonyl (C=O) groups excluding carboxylic acids is 3. The van der Waals surface area contributed by atoms with Gasteiger partial charge < -0.3 is 15.1 Å². The summed E-state index contributed by atoms with van der Waals surface area (Å²) >= 11 is 0. The van der Waals surface area contributed by atoms with Crippen LogP contribution < -0.4 is 5.32 Å².